The first-order valence-electron chi connectivity index (χ1n) is 11.2. The van der Waals surface area contributed by atoms with E-state index in [0.717, 1.165) is 11.6 Å². The van der Waals surface area contributed by atoms with Gasteiger partial charge in [-0.2, -0.15) is 8.78 Å². The number of allylic oxidation sites excluding steroid dienone is 1. The lowest BCUT2D eigenvalue weighted by Crippen LogP contribution is -2.55. The quantitative estimate of drug-likeness (QED) is 0.572. The number of ether oxygens (including phenoxy) is 1. The van der Waals surface area contributed by atoms with E-state index < -0.39 is 29.7 Å². The number of aryl methyl sites for hydroxylation is 1. The van der Waals surface area contributed by atoms with Gasteiger partial charge in [0.05, 0.1) is 16.9 Å². The normalized spacial score (nSPS) is 21.5. The lowest BCUT2D eigenvalue weighted by atomic mass is 9.83. The van der Waals surface area contributed by atoms with Crippen molar-refractivity contribution in [2.75, 3.05) is 0 Å². The number of rotatable bonds is 5. The van der Waals surface area contributed by atoms with Crippen molar-refractivity contribution in [2.24, 2.45) is 4.99 Å². The molecule has 0 radical (unpaired) electrons. The number of hydrogen-bond acceptors (Lipinski definition) is 5. The monoisotopic (exact) mass is 486 g/mol. The number of hydrogen-bond donors (Lipinski definition) is 2. The molecule has 3 heterocycles. The molecule has 0 saturated heterocycles. The summed E-state index contributed by atoms with van der Waals surface area (Å²) in [4.78, 5) is 17.6. The Morgan fingerprint density at radius 3 is 2.71 bits per heavy atom. The Kier molecular flexibility index (Phi) is 5.32. The first-order chi connectivity index (χ1) is 16.5. The molecule has 0 fully saturated rings. The summed E-state index contributed by atoms with van der Waals surface area (Å²) in [6.45, 7) is 2.19. The van der Waals surface area contributed by atoms with E-state index in [1.807, 2.05) is 6.92 Å². The highest BCUT2D eigenvalue weighted by molar-refractivity contribution is 5.81. The van der Waals surface area contributed by atoms with Gasteiger partial charge in [0.2, 0.25) is 0 Å². The predicted octanol–water partition coefficient (Wildman–Crippen LogP) is 3.96. The molecule has 0 aliphatic carbocycles. The van der Waals surface area contributed by atoms with E-state index >= 15 is 4.39 Å². The van der Waals surface area contributed by atoms with E-state index in [0.29, 0.717) is 24.0 Å². The SMILES string of the molecule is Cc1ccc(OC(F)F)c(C2CCn3c(=O)c4cc(F)c(C5(C(C)(C)O)N=CC=CN5)cc4n32)c1. The van der Waals surface area contributed by atoms with Crippen molar-refractivity contribution in [3.05, 3.63) is 75.5 Å². The average Bonchev–Trinajstić information content (AvgIpc) is 3.34. The summed E-state index contributed by atoms with van der Waals surface area (Å²) < 4.78 is 49.7. The maximum Gasteiger partial charge on any atom is 0.387 e. The minimum Gasteiger partial charge on any atom is -0.434 e. The minimum absolute atomic E-state index is 0.0253. The summed E-state index contributed by atoms with van der Waals surface area (Å²) in [6, 6.07) is 7.09. The Morgan fingerprint density at radius 1 is 1.29 bits per heavy atom. The first kappa shape index (κ1) is 23.2. The molecule has 0 spiro atoms. The number of aromatic nitrogens is 2. The third-order valence-electron chi connectivity index (χ3n) is 6.72. The fraction of sp³-hybridized carbons (Fsp3) is 0.360. The summed E-state index contributed by atoms with van der Waals surface area (Å²) in [5.41, 5.74) is -1.63. The van der Waals surface area contributed by atoms with Crippen LogP contribution < -0.4 is 15.6 Å². The van der Waals surface area contributed by atoms with Crippen molar-refractivity contribution in [3.63, 3.8) is 0 Å². The molecule has 2 N–H and O–H groups in total. The molecule has 0 bridgehead atoms. The van der Waals surface area contributed by atoms with Crippen LogP contribution in [0.4, 0.5) is 13.2 Å². The van der Waals surface area contributed by atoms with Crippen LogP contribution in [0.5, 0.6) is 5.75 Å². The Morgan fingerprint density at radius 2 is 2.06 bits per heavy atom. The maximum absolute atomic E-state index is 15.5. The van der Waals surface area contributed by atoms with Crippen LogP contribution in [0.1, 0.15) is 43.0 Å². The van der Waals surface area contributed by atoms with E-state index in [-0.39, 0.29) is 22.3 Å². The van der Waals surface area contributed by atoms with Gasteiger partial charge < -0.3 is 15.2 Å². The van der Waals surface area contributed by atoms with E-state index in [1.165, 1.54) is 36.9 Å². The Balaban J connectivity index is 1.75. The molecular formula is C25H25F3N4O3. The molecule has 2 aromatic carbocycles. The van der Waals surface area contributed by atoms with Crippen LogP contribution in [-0.2, 0) is 12.2 Å². The molecule has 5 rings (SSSR count). The molecule has 0 saturated carbocycles. The Labute approximate surface area is 199 Å². The van der Waals surface area contributed by atoms with Gasteiger partial charge in [-0.15, -0.1) is 0 Å². The van der Waals surface area contributed by atoms with Crippen molar-refractivity contribution in [1.82, 2.24) is 14.7 Å². The summed E-state index contributed by atoms with van der Waals surface area (Å²) >= 11 is 0. The number of nitrogens with zero attached hydrogens (tertiary/aromatic N) is 3. The number of aliphatic imine (C=N–C) groups is 1. The number of halogens is 3. The van der Waals surface area contributed by atoms with Gasteiger partial charge in [-0.3, -0.25) is 14.5 Å². The standard InChI is InChI=1S/C25H25F3N4O3/c1-14-5-6-21(35-23(27)28)15(11-14)19-7-10-31-22(33)16-12-18(26)17(13-20(16)32(19)31)25(24(2,3)34)29-8-4-9-30-25/h4-6,8-9,11-13,19,23,29,34H,7,10H2,1-3H3. The molecule has 10 heteroatoms. The molecule has 2 aliphatic heterocycles. The second-order valence-corrected chi connectivity index (χ2v) is 9.40. The largest absolute Gasteiger partial charge is 0.434 e. The van der Waals surface area contributed by atoms with Crippen LogP contribution in [0.3, 0.4) is 0 Å². The van der Waals surface area contributed by atoms with Crippen molar-refractivity contribution in [3.8, 4) is 5.75 Å². The number of alkyl halides is 2. The first-order valence-corrected chi connectivity index (χ1v) is 11.2. The highest BCUT2D eigenvalue weighted by Crippen LogP contribution is 2.41. The van der Waals surface area contributed by atoms with E-state index in [9.17, 15) is 18.7 Å². The molecule has 7 nitrogen and oxygen atoms in total. The molecule has 184 valence electrons. The van der Waals surface area contributed by atoms with Gasteiger partial charge in [-0.05, 0) is 51.5 Å². The van der Waals surface area contributed by atoms with Crippen LogP contribution in [0, 0.1) is 12.7 Å². The summed E-state index contributed by atoms with van der Waals surface area (Å²) in [6.07, 6.45) is 5.13. The third kappa shape index (κ3) is 3.54. The van der Waals surface area contributed by atoms with Gasteiger partial charge in [0, 0.05) is 30.1 Å². The van der Waals surface area contributed by atoms with Crippen LogP contribution in [0.15, 0.2) is 52.4 Å². The number of aliphatic hydroxyl groups is 1. The van der Waals surface area contributed by atoms with Crippen LogP contribution in [-0.4, -0.2) is 32.9 Å². The zero-order valence-electron chi connectivity index (χ0n) is 19.4. The van der Waals surface area contributed by atoms with E-state index in [2.05, 4.69) is 10.3 Å². The van der Waals surface area contributed by atoms with Gasteiger partial charge in [-0.1, -0.05) is 17.7 Å². The molecule has 2 unspecified atom stereocenters. The zero-order chi connectivity index (χ0) is 25.1. The van der Waals surface area contributed by atoms with E-state index in [1.54, 1.807) is 29.1 Å². The lowest BCUT2D eigenvalue weighted by molar-refractivity contribution is -0.0507. The third-order valence-corrected chi connectivity index (χ3v) is 6.72. The number of benzene rings is 2. The fourth-order valence-corrected chi connectivity index (χ4v) is 5.11. The Bertz CT molecular complexity index is 1430. The lowest BCUT2D eigenvalue weighted by Gasteiger charge is -2.42. The highest BCUT2D eigenvalue weighted by atomic mass is 19.3. The highest BCUT2D eigenvalue weighted by Gasteiger charge is 2.48. The summed E-state index contributed by atoms with van der Waals surface area (Å²) in [7, 11) is 0. The maximum atomic E-state index is 15.5. The van der Waals surface area contributed by atoms with Gasteiger partial charge in [0.1, 0.15) is 17.2 Å². The summed E-state index contributed by atoms with van der Waals surface area (Å²) in [5.74, 6) is -0.673. The van der Waals surface area contributed by atoms with Crippen LogP contribution >= 0.6 is 0 Å². The second kappa shape index (κ2) is 8.01. The topological polar surface area (TPSA) is 80.8 Å². The minimum atomic E-state index is -3.00. The van der Waals surface area contributed by atoms with Crippen LogP contribution in [0.25, 0.3) is 10.9 Å². The number of fused-ring (bicyclic) bond motifs is 3. The molecular weight excluding hydrogens is 461 g/mol. The predicted molar refractivity (Wildman–Crippen MR) is 125 cm³/mol. The average molecular weight is 486 g/mol. The molecule has 3 aromatic rings. The fourth-order valence-electron chi connectivity index (χ4n) is 5.11. The molecule has 2 atom stereocenters. The van der Waals surface area contributed by atoms with Crippen molar-refractivity contribution in [1.29, 1.82) is 0 Å². The van der Waals surface area contributed by atoms with Gasteiger partial charge in [-0.25, -0.2) is 9.07 Å². The van der Waals surface area contributed by atoms with Crippen molar-refractivity contribution in [2.45, 2.75) is 57.7 Å². The van der Waals surface area contributed by atoms with Gasteiger partial charge in [0.25, 0.3) is 5.56 Å². The van der Waals surface area contributed by atoms with Gasteiger partial charge in [0.15, 0.2) is 5.66 Å². The van der Waals surface area contributed by atoms with Crippen molar-refractivity contribution >= 4 is 17.1 Å². The van der Waals surface area contributed by atoms with E-state index in [4.69, 9.17) is 4.74 Å². The van der Waals surface area contributed by atoms with Crippen LogP contribution in [0.2, 0.25) is 0 Å². The molecule has 1 aromatic heterocycles. The molecule has 35 heavy (non-hydrogen) atoms. The van der Waals surface area contributed by atoms with Crippen molar-refractivity contribution < 1.29 is 23.0 Å². The summed E-state index contributed by atoms with van der Waals surface area (Å²) in [5, 5.41) is 14.1. The molecule has 2 aliphatic rings. The molecule has 0 amide bonds. The smallest absolute Gasteiger partial charge is 0.387 e. The second-order valence-electron chi connectivity index (χ2n) is 9.40. The van der Waals surface area contributed by atoms with Gasteiger partial charge >= 0.3 is 6.61 Å². The zero-order valence-corrected chi connectivity index (χ0v) is 19.4. The Hall–Kier alpha value is -3.53. The number of nitrogens with one attached hydrogen (secondary N) is 1.